The summed E-state index contributed by atoms with van der Waals surface area (Å²) in [5.74, 6) is 0. The lowest BCUT2D eigenvalue weighted by Crippen LogP contribution is -2.32. The monoisotopic (exact) mass is 301 g/mol. The van der Waals surface area contributed by atoms with Crippen LogP contribution < -0.4 is 4.90 Å². The third-order valence-electron chi connectivity index (χ3n) is 4.64. The highest BCUT2D eigenvalue weighted by atomic mass is 15.2. The molecule has 0 aliphatic carbocycles. The van der Waals surface area contributed by atoms with E-state index < -0.39 is 0 Å². The topological polar surface area (TPSA) is 3.24 Å². The summed E-state index contributed by atoms with van der Waals surface area (Å²) in [7, 11) is 0. The number of hydrogen-bond donors (Lipinski definition) is 0. The molecular weight excluding hydrogens is 278 g/mol. The average molecular weight is 301 g/mol. The number of hydrogen-bond acceptors (Lipinski definition) is 1. The number of para-hydroxylation sites is 1. The van der Waals surface area contributed by atoms with Crippen LogP contribution in [0.5, 0.6) is 0 Å². The Labute approximate surface area is 139 Å². The molecule has 2 aromatic rings. The first kappa shape index (κ1) is 15.4. The molecule has 0 saturated heterocycles. The Morgan fingerprint density at radius 2 is 1.70 bits per heavy atom. The molecule has 0 spiro atoms. The van der Waals surface area contributed by atoms with Gasteiger partial charge in [0.15, 0.2) is 0 Å². The Kier molecular flexibility index (Phi) is 3.73. The molecule has 0 radical (unpaired) electrons. The molecule has 0 saturated carbocycles. The summed E-state index contributed by atoms with van der Waals surface area (Å²) < 4.78 is 0. The minimum atomic E-state index is -0.0328. The molecule has 0 unspecified atom stereocenters. The Balaban J connectivity index is 2.37. The van der Waals surface area contributed by atoms with Crippen LogP contribution in [-0.2, 0) is 5.41 Å². The van der Waals surface area contributed by atoms with Crippen LogP contribution in [0.25, 0.3) is 0 Å². The maximum atomic E-state index is 4.00. The fourth-order valence-corrected chi connectivity index (χ4v) is 3.45. The average Bonchev–Trinajstić information content (AvgIpc) is 2.55. The van der Waals surface area contributed by atoms with Crippen molar-refractivity contribution in [2.75, 3.05) is 4.90 Å². The minimum Gasteiger partial charge on any atom is -0.310 e. The van der Waals surface area contributed by atoms with Crippen LogP contribution in [0.3, 0.4) is 0 Å². The lowest BCUT2D eigenvalue weighted by atomic mass is 9.73. The van der Waals surface area contributed by atoms with E-state index in [0.717, 1.165) is 5.70 Å². The summed E-state index contributed by atoms with van der Waals surface area (Å²) in [4.78, 5) is 2.28. The molecule has 0 bridgehead atoms. The smallest absolute Gasteiger partial charge is 0.0502 e. The molecule has 116 valence electrons. The maximum absolute atomic E-state index is 4.00. The van der Waals surface area contributed by atoms with Crippen LogP contribution in [0.15, 0.2) is 79.5 Å². The molecule has 1 aliphatic heterocycles. The van der Waals surface area contributed by atoms with Crippen molar-refractivity contribution in [2.24, 2.45) is 0 Å². The summed E-state index contributed by atoms with van der Waals surface area (Å²) >= 11 is 0. The third-order valence-corrected chi connectivity index (χ3v) is 4.64. The molecule has 1 nitrogen and oxygen atoms in total. The minimum absolute atomic E-state index is 0.0328. The summed E-state index contributed by atoms with van der Waals surface area (Å²) in [6.45, 7) is 14.6. The molecule has 0 amide bonds. The van der Waals surface area contributed by atoms with E-state index in [2.05, 4.69) is 81.3 Å². The molecule has 23 heavy (non-hydrogen) atoms. The summed E-state index contributed by atoms with van der Waals surface area (Å²) in [6, 6.07) is 15.3. The first-order chi connectivity index (χ1) is 11.0. The molecule has 1 aliphatic rings. The van der Waals surface area contributed by atoms with E-state index in [4.69, 9.17) is 0 Å². The molecular formula is C22H23N. The molecule has 1 heterocycles. The van der Waals surface area contributed by atoms with E-state index in [1.54, 1.807) is 0 Å². The van der Waals surface area contributed by atoms with E-state index in [0.29, 0.717) is 0 Å². The first-order valence-corrected chi connectivity index (χ1v) is 7.96. The zero-order valence-electron chi connectivity index (χ0n) is 14.1. The zero-order valence-corrected chi connectivity index (χ0v) is 14.1. The largest absolute Gasteiger partial charge is 0.310 e. The van der Waals surface area contributed by atoms with Gasteiger partial charge < -0.3 is 4.90 Å². The number of fused-ring (bicyclic) bond motifs is 2. The normalized spacial score (nSPS) is 15.6. The fourth-order valence-electron chi connectivity index (χ4n) is 3.45. The van der Waals surface area contributed by atoms with Gasteiger partial charge in [-0.05, 0) is 42.3 Å². The van der Waals surface area contributed by atoms with Gasteiger partial charge in [-0.25, -0.2) is 0 Å². The van der Waals surface area contributed by atoms with Crippen molar-refractivity contribution in [3.8, 4) is 0 Å². The quantitative estimate of drug-likeness (QED) is 0.626. The zero-order chi connectivity index (χ0) is 16.6. The molecule has 0 N–H and O–H groups in total. The number of benzene rings is 2. The second-order valence-electron chi connectivity index (χ2n) is 6.53. The third kappa shape index (κ3) is 2.33. The molecule has 0 fully saturated rings. The van der Waals surface area contributed by atoms with Crippen molar-refractivity contribution < 1.29 is 0 Å². The molecule has 0 aromatic heterocycles. The fraction of sp³-hybridized carbons (Fsp3) is 0.182. The number of anilines is 2. The van der Waals surface area contributed by atoms with Crippen LogP contribution in [-0.4, -0.2) is 0 Å². The molecule has 1 heteroatoms. The van der Waals surface area contributed by atoms with Gasteiger partial charge in [-0.3, -0.25) is 0 Å². The van der Waals surface area contributed by atoms with Crippen LogP contribution in [0.2, 0.25) is 0 Å². The van der Waals surface area contributed by atoms with Crippen molar-refractivity contribution in [3.63, 3.8) is 0 Å². The molecule has 3 rings (SSSR count). The van der Waals surface area contributed by atoms with Crippen molar-refractivity contribution in [1.82, 2.24) is 0 Å². The highest BCUT2D eigenvalue weighted by Crippen LogP contribution is 2.50. The predicted molar refractivity (Wildman–Crippen MR) is 100 cm³/mol. The van der Waals surface area contributed by atoms with E-state index >= 15 is 0 Å². The van der Waals surface area contributed by atoms with Gasteiger partial charge in [0.05, 0.1) is 11.4 Å². The first-order valence-electron chi connectivity index (χ1n) is 7.96. The Morgan fingerprint density at radius 1 is 1.00 bits per heavy atom. The van der Waals surface area contributed by atoms with E-state index in [-0.39, 0.29) is 5.41 Å². The Morgan fingerprint density at radius 3 is 2.39 bits per heavy atom. The number of allylic oxidation sites excluding steroid dienone is 3. The van der Waals surface area contributed by atoms with Crippen molar-refractivity contribution in [3.05, 3.63) is 96.2 Å². The Hall–Kier alpha value is -2.54. The van der Waals surface area contributed by atoms with E-state index in [9.17, 15) is 0 Å². The van der Waals surface area contributed by atoms with Crippen LogP contribution >= 0.6 is 0 Å². The lowest BCUT2D eigenvalue weighted by Gasteiger charge is -2.42. The van der Waals surface area contributed by atoms with Gasteiger partial charge in [-0.15, -0.1) is 0 Å². The van der Waals surface area contributed by atoms with Gasteiger partial charge in [-0.2, -0.15) is 0 Å². The highest BCUT2D eigenvalue weighted by molar-refractivity contribution is 5.82. The molecule has 0 atom stereocenters. The van der Waals surface area contributed by atoms with E-state index in [1.807, 2.05) is 18.2 Å². The van der Waals surface area contributed by atoms with Gasteiger partial charge in [0, 0.05) is 11.1 Å². The van der Waals surface area contributed by atoms with Gasteiger partial charge in [0.2, 0.25) is 0 Å². The van der Waals surface area contributed by atoms with Gasteiger partial charge in [0.1, 0.15) is 0 Å². The second kappa shape index (κ2) is 5.58. The summed E-state index contributed by atoms with van der Waals surface area (Å²) in [6.07, 6.45) is 5.71. The molecule has 2 aromatic carbocycles. The second-order valence-corrected chi connectivity index (χ2v) is 6.53. The summed E-state index contributed by atoms with van der Waals surface area (Å²) in [5, 5.41) is 0. The van der Waals surface area contributed by atoms with Crippen molar-refractivity contribution in [2.45, 2.75) is 26.2 Å². The van der Waals surface area contributed by atoms with Crippen LogP contribution in [0, 0.1) is 6.92 Å². The predicted octanol–water partition coefficient (Wildman–Crippen LogP) is 6.03. The van der Waals surface area contributed by atoms with Crippen molar-refractivity contribution >= 4 is 11.4 Å². The summed E-state index contributed by atoms with van der Waals surface area (Å²) in [5.41, 5.74) is 7.38. The Bertz CT molecular complexity index is 808. The lowest BCUT2D eigenvalue weighted by molar-refractivity contribution is 0.629. The van der Waals surface area contributed by atoms with Crippen LogP contribution in [0.1, 0.15) is 30.5 Å². The van der Waals surface area contributed by atoms with Gasteiger partial charge >= 0.3 is 0 Å². The maximum Gasteiger partial charge on any atom is 0.0502 e. The SMILES string of the molecule is C=C/C=C(\C=C)N1c2ccccc2C(C)(C)c2cc(C)ccc21. The van der Waals surface area contributed by atoms with Crippen LogP contribution in [0.4, 0.5) is 11.4 Å². The number of aryl methyl sites for hydroxylation is 1. The van der Waals surface area contributed by atoms with Crippen molar-refractivity contribution in [1.29, 1.82) is 0 Å². The van der Waals surface area contributed by atoms with Gasteiger partial charge in [0.25, 0.3) is 0 Å². The number of rotatable bonds is 3. The number of nitrogens with zero attached hydrogens (tertiary/aromatic N) is 1. The van der Waals surface area contributed by atoms with E-state index in [1.165, 1.54) is 28.1 Å². The standard InChI is InChI=1S/C22H23N/c1-6-10-17(7-2)23-20-12-9-8-11-18(20)22(4,5)19-15-16(3)13-14-21(19)23/h6-15H,1-2H2,3-5H3/b17-10+. The highest BCUT2D eigenvalue weighted by Gasteiger charge is 2.36. The van der Waals surface area contributed by atoms with Gasteiger partial charge in [-0.1, -0.05) is 69.0 Å².